The van der Waals surface area contributed by atoms with Crippen LogP contribution in [0, 0.1) is 24.0 Å². The lowest BCUT2D eigenvalue weighted by Gasteiger charge is -2.11. The Morgan fingerprint density at radius 1 is 0.933 bits per heavy atom. The average Bonchev–Trinajstić information content (AvgIpc) is 2.74. The van der Waals surface area contributed by atoms with Crippen molar-refractivity contribution in [3.63, 3.8) is 0 Å². The Kier molecular flexibility index (Phi) is 4.98. The van der Waals surface area contributed by atoms with E-state index in [0.29, 0.717) is 22.2 Å². The van der Waals surface area contributed by atoms with Crippen LogP contribution in [0.1, 0.15) is 21.5 Å². The van der Waals surface area contributed by atoms with Crippen molar-refractivity contribution >= 4 is 28.2 Å². The number of aromatic nitrogens is 1. The number of nitrogens with zero attached hydrogens (tertiary/aromatic N) is 2. The molecule has 1 aromatic heterocycles. The summed E-state index contributed by atoms with van der Waals surface area (Å²) in [7, 11) is 0. The van der Waals surface area contributed by atoms with E-state index >= 15 is 0 Å². The van der Waals surface area contributed by atoms with Crippen LogP contribution in [0.3, 0.4) is 0 Å². The molecular formula is C24H19N3O3. The zero-order valence-electron chi connectivity index (χ0n) is 16.5. The molecule has 148 valence electrons. The van der Waals surface area contributed by atoms with Gasteiger partial charge in [0.05, 0.1) is 21.7 Å². The van der Waals surface area contributed by atoms with E-state index in [2.05, 4.69) is 5.32 Å². The predicted octanol–water partition coefficient (Wildman–Crippen LogP) is 5.68. The van der Waals surface area contributed by atoms with Crippen LogP contribution in [0.15, 0.2) is 72.8 Å². The molecule has 0 aliphatic rings. The zero-order valence-corrected chi connectivity index (χ0v) is 16.5. The van der Waals surface area contributed by atoms with E-state index in [1.165, 1.54) is 6.07 Å². The van der Waals surface area contributed by atoms with Gasteiger partial charge in [-0.05, 0) is 37.6 Å². The molecule has 0 unspecified atom stereocenters. The number of aryl methyl sites for hydroxylation is 2. The number of nitrogens with one attached hydrogen (secondary N) is 1. The second-order valence-electron chi connectivity index (χ2n) is 7.17. The summed E-state index contributed by atoms with van der Waals surface area (Å²) in [5.41, 5.74) is 4.54. The van der Waals surface area contributed by atoms with Crippen LogP contribution >= 0.6 is 0 Å². The second-order valence-corrected chi connectivity index (χ2v) is 7.17. The van der Waals surface area contributed by atoms with Gasteiger partial charge >= 0.3 is 0 Å². The van der Waals surface area contributed by atoms with Gasteiger partial charge in [-0.3, -0.25) is 14.9 Å². The molecule has 0 atom stereocenters. The lowest BCUT2D eigenvalue weighted by Crippen LogP contribution is -2.14. The fourth-order valence-electron chi connectivity index (χ4n) is 3.32. The number of fused-ring (bicyclic) bond motifs is 1. The van der Waals surface area contributed by atoms with E-state index in [0.717, 1.165) is 16.7 Å². The lowest BCUT2D eigenvalue weighted by atomic mass is 10.0. The summed E-state index contributed by atoms with van der Waals surface area (Å²) in [5, 5.41) is 14.8. The maximum Gasteiger partial charge on any atom is 0.293 e. The molecule has 4 aromatic rings. The van der Waals surface area contributed by atoms with Gasteiger partial charge in [-0.2, -0.15) is 0 Å². The molecule has 0 radical (unpaired) electrons. The summed E-state index contributed by atoms with van der Waals surface area (Å²) in [5.74, 6) is -0.422. The van der Waals surface area contributed by atoms with Crippen molar-refractivity contribution in [1.82, 2.24) is 4.98 Å². The van der Waals surface area contributed by atoms with Crippen molar-refractivity contribution in [2.24, 2.45) is 0 Å². The molecule has 0 saturated heterocycles. The minimum Gasteiger partial charge on any atom is -0.316 e. The molecule has 30 heavy (non-hydrogen) atoms. The van der Waals surface area contributed by atoms with E-state index in [4.69, 9.17) is 4.98 Å². The first kappa shape index (κ1) is 19.3. The highest BCUT2D eigenvalue weighted by molar-refractivity contribution is 6.13. The molecule has 0 spiro atoms. The van der Waals surface area contributed by atoms with Gasteiger partial charge in [-0.15, -0.1) is 0 Å². The van der Waals surface area contributed by atoms with Gasteiger partial charge in [0.2, 0.25) is 0 Å². The number of benzene rings is 3. The Bertz CT molecular complexity index is 1280. The Hall–Kier alpha value is -4.06. The van der Waals surface area contributed by atoms with Crippen LogP contribution in [-0.4, -0.2) is 15.8 Å². The van der Waals surface area contributed by atoms with Crippen LogP contribution < -0.4 is 5.32 Å². The summed E-state index contributed by atoms with van der Waals surface area (Å²) in [6.07, 6.45) is 0. The average molecular weight is 397 g/mol. The van der Waals surface area contributed by atoms with Gasteiger partial charge in [0, 0.05) is 17.0 Å². The Morgan fingerprint density at radius 3 is 2.37 bits per heavy atom. The summed E-state index contributed by atoms with van der Waals surface area (Å²) >= 11 is 0. The summed E-state index contributed by atoms with van der Waals surface area (Å²) in [6, 6.07) is 21.7. The minimum absolute atomic E-state index is 0.138. The number of hydrogen-bond acceptors (Lipinski definition) is 4. The highest BCUT2D eigenvalue weighted by atomic mass is 16.6. The van der Waals surface area contributed by atoms with E-state index in [1.807, 2.05) is 55.5 Å². The van der Waals surface area contributed by atoms with Gasteiger partial charge in [-0.1, -0.05) is 54.1 Å². The standard InChI is InChI=1S/C24H19N3O3/c1-15-7-10-17(11-8-15)22-14-19(18-5-3-4-6-20(18)25-22)24(28)26-21-12-9-16(2)13-23(21)27(29)30/h3-14H,1-2H3,(H,26,28). The number of nitro benzene ring substituents is 1. The van der Waals surface area contributed by atoms with Crippen molar-refractivity contribution in [2.45, 2.75) is 13.8 Å². The summed E-state index contributed by atoms with van der Waals surface area (Å²) in [4.78, 5) is 28.8. The van der Waals surface area contributed by atoms with Gasteiger partial charge in [0.1, 0.15) is 5.69 Å². The van der Waals surface area contributed by atoms with Crippen molar-refractivity contribution in [3.8, 4) is 11.3 Å². The third kappa shape index (κ3) is 3.75. The van der Waals surface area contributed by atoms with E-state index in [1.54, 1.807) is 25.1 Å². The molecule has 3 aromatic carbocycles. The van der Waals surface area contributed by atoms with Crippen LogP contribution in [0.4, 0.5) is 11.4 Å². The molecule has 6 nitrogen and oxygen atoms in total. The van der Waals surface area contributed by atoms with Crippen molar-refractivity contribution in [1.29, 1.82) is 0 Å². The molecular weight excluding hydrogens is 378 g/mol. The Labute approximate surface area is 173 Å². The van der Waals surface area contributed by atoms with Gasteiger partial charge < -0.3 is 5.32 Å². The monoisotopic (exact) mass is 397 g/mol. The minimum atomic E-state index is -0.495. The smallest absolute Gasteiger partial charge is 0.293 e. The number of nitro groups is 1. The largest absolute Gasteiger partial charge is 0.316 e. The third-order valence-corrected chi connectivity index (χ3v) is 4.91. The lowest BCUT2D eigenvalue weighted by molar-refractivity contribution is -0.384. The van der Waals surface area contributed by atoms with Crippen LogP contribution in [0.2, 0.25) is 0 Å². The number of anilines is 1. The SMILES string of the molecule is Cc1ccc(-c2cc(C(=O)Nc3ccc(C)cc3[N+](=O)[O-])c3ccccc3n2)cc1. The Morgan fingerprint density at radius 2 is 1.63 bits per heavy atom. The van der Waals surface area contributed by atoms with E-state index < -0.39 is 10.8 Å². The van der Waals surface area contributed by atoms with Crippen molar-refractivity contribution in [2.75, 3.05) is 5.32 Å². The molecule has 4 rings (SSSR count). The first-order valence-corrected chi connectivity index (χ1v) is 9.45. The third-order valence-electron chi connectivity index (χ3n) is 4.91. The first-order chi connectivity index (χ1) is 14.4. The quantitative estimate of drug-likeness (QED) is 0.355. The molecule has 0 bridgehead atoms. The second kappa shape index (κ2) is 7.75. The van der Waals surface area contributed by atoms with Crippen LogP contribution in [0.25, 0.3) is 22.2 Å². The summed E-state index contributed by atoms with van der Waals surface area (Å²) in [6.45, 7) is 3.77. The van der Waals surface area contributed by atoms with Gasteiger partial charge in [-0.25, -0.2) is 4.98 Å². The van der Waals surface area contributed by atoms with E-state index in [-0.39, 0.29) is 11.4 Å². The van der Waals surface area contributed by atoms with Gasteiger partial charge in [0.25, 0.3) is 11.6 Å². The van der Waals surface area contributed by atoms with E-state index in [9.17, 15) is 14.9 Å². The molecule has 1 amide bonds. The highest BCUT2D eigenvalue weighted by Crippen LogP contribution is 2.29. The first-order valence-electron chi connectivity index (χ1n) is 9.45. The number of carbonyl (C=O) groups excluding carboxylic acids is 1. The topological polar surface area (TPSA) is 85.1 Å². The zero-order chi connectivity index (χ0) is 21.3. The number of rotatable bonds is 4. The molecule has 0 aliphatic heterocycles. The predicted molar refractivity (Wildman–Crippen MR) is 118 cm³/mol. The van der Waals surface area contributed by atoms with Crippen molar-refractivity contribution < 1.29 is 9.72 Å². The van der Waals surface area contributed by atoms with Crippen LogP contribution in [0.5, 0.6) is 0 Å². The molecule has 0 fully saturated rings. The normalized spacial score (nSPS) is 10.7. The summed E-state index contributed by atoms with van der Waals surface area (Å²) < 4.78 is 0. The van der Waals surface area contributed by atoms with Gasteiger partial charge in [0.15, 0.2) is 0 Å². The fourth-order valence-corrected chi connectivity index (χ4v) is 3.32. The number of para-hydroxylation sites is 1. The molecule has 6 heteroatoms. The fraction of sp³-hybridized carbons (Fsp3) is 0.0833. The Balaban J connectivity index is 1.81. The number of hydrogen-bond donors (Lipinski definition) is 1. The number of amides is 1. The number of pyridine rings is 1. The van der Waals surface area contributed by atoms with Crippen molar-refractivity contribution in [3.05, 3.63) is 99.6 Å². The van der Waals surface area contributed by atoms with Crippen LogP contribution in [-0.2, 0) is 0 Å². The molecule has 1 N–H and O–H groups in total. The molecule has 0 aliphatic carbocycles. The molecule has 0 saturated carbocycles. The number of carbonyl (C=O) groups is 1. The maximum absolute atomic E-state index is 13.2. The molecule has 1 heterocycles. The maximum atomic E-state index is 13.2. The highest BCUT2D eigenvalue weighted by Gasteiger charge is 2.19.